The number of nitrogens with zero attached hydrogens (tertiary/aromatic N) is 3. The first-order valence-electron chi connectivity index (χ1n) is 6.75. The van der Waals surface area contributed by atoms with Crippen LogP contribution in [0.15, 0.2) is 55.4 Å². The third-order valence-electron chi connectivity index (χ3n) is 2.87. The predicted octanol–water partition coefficient (Wildman–Crippen LogP) is 3.71. The molecule has 0 aliphatic heterocycles. The van der Waals surface area contributed by atoms with E-state index in [1.807, 2.05) is 0 Å². The van der Waals surface area contributed by atoms with Gasteiger partial charge in [-0.25, -0.2) is 14.4 Å². The zero-order chi connectivity index (χ0) is 16.9. The van der Waals surface area contributed by atoms with Gasteiger partial charge in [-0.3, -0.25) is 9.78 Å². The fraction of sp³-hybridized carbons (Fsp3) is 0. The highest BCUT2D eigenvalue weighted by molar-refractivity contribution is 6.30. The first kappa shape index (κ1) is 15.8. The van der Waals surface area contributed by atoms with Crippen molar-refractivity contribution in [2.45, 2.75) is 0 Å². The summed E-state index contributed by atoms with van der Waals surface area (Å²) in [5, 5.41) is 2.96. The van der Waals surface area contributed by atoms with Gasteiger partial charge in [0.15, 0.2) is 5.75 Å². The van der Waals surface area contributed by atoms with Crippen molar-refractivity contribution in [3.8, 4) is 11.5 Å². The number of rotatable bonds is 4. The molecule has 120 valence electrons. The summed E-state index contributed by atoms with van der Waals surface area (Å²) in [7, 11) is 0. The maximum atomic E-state index is 13.8. The molecule has 8 heteroatoms. The van der Waals surface area contributed by atoms with Crippen LogP contribution in [0, 0.1) is 5.82 Å². The Bertz CT molecular complexity index is 877. The van der Waals surface area contributed by atoms with Gasteiger partial charge in [-0.05, 0) is 18.2 Å². The van der Waals surface area contributed by atoms with Gasteiger partial charge in [-0.2, -0.15) is 0 Å². The average molecular weight is 345 g/mol. The fourth-order valence-electron chi connectivity index (χ4n) is 1.91. The second kappa shape index (κ2) is 7.01. The minimum absolute atomic E-state index is 0.0850. The summed E-state index contributed by atoms with van der Waals surface area (Å²) in [6.45, 7) is 0. The summed E-state index contributed by atoms with van der Waals surface area (Å²) >= 11 is 5.81. The molecule has 2 heterocycles. The van der Waals surface area contributed by atoms with Crippen molar-refractivity contribution < 1.29 is 13.9 Å². The molecule has 0 aliphatic carbocycles. The molecule has 0 bridgehead atoms. The number of aromatic nitrogens is 3. The van der Waals surface area contributed by atoms with Crippen LogP contribution in [0.2, 0.25) is 5.02 Å². The van der Waals surface area contributed by atoms with E-state index in [1.165, 1.54) is 43.2 Å². The van der Waals surface area contributed by atoms with Gasteiger partial charge < -0.3 is 10.1 Å². The van der Waals surface area contributed by atoms with E-state index in [1.54, 1.807) is 0 Å². The molecule has 1 amide bonds. The van der Waals surface area contributed by atoms with E-state index in [-0.39, 0.29) is 11.3 Å². The van der Waals surface area contributed by atoms with Crippen molar-refractivity contribution in [1.82, 2.24) is 15.0 Å². The third kappa shape index (κ3) is 4.02. The van der Waals surface area contributed by atoms with E-state index >= 15 is 0 Å². The number of anilines is 1. The molecule has 0 saturated heterocycles. The Labute approximate surface area is 141 Å². The summed E-state index contributed by atoms with van der Waals surface area (Å²) in [4.78, 5) is 23.7. The number of benzene rings is 1. The third-order valence-corrected chi connectivity index (χ3v) is 3.08. The molecular formula is C16H10ClFN4O2. The lowest BCUT2D eigenvalue weighted by atomic mass is 10.2. The first-order chi connectivity index (χ1) is 11.6. The SMILES string of the molecule is O=C(Nc1cncc(Cl)c1)c1cc(F)cc(Oc2cncnc2)c1. The fourth-order valence-corrected chi connectivity index (χ4v) is 2.08. The number of ether oxygens (including phenoxy) is 1. The number of hydrogen-bond acceptors (Lipinski definition) is 5. The number of pyridine rings is 1. The standard InChI is InChI=1S/C16H10ClFN4O2/c17-11-3-13(6-19-5-11)22-16(23)10-1-12(18)4-14(2-10)24-15-7-20-9-21-8-15/h1-9H,(H,22,23). The molecule has 0 unspecified atom stereocenters. The van der Waals surface area contributed by atoms with Crippen LogP contribution in [0.1, 0.15) is 10.4 Å². The maximum Gasteiger partial charge on any atom is 0.255 e. The van der Waals surface area contributed by atoms with E-state index in [2.05, 4.69) is 20.3 Å². The molecule has 0 spiro atoms. The lowest BCUT2D eigenvalue weighted by Gasteiger charge is -2.09. The van der Waals surface area contributed by atoms with E-state index in [4.69, 9.17) is 16.3 Å². The zero-order valence-corrected chi connectivity index (χ0v) is 12.9. The Kier molecular flexibility index (Phi) is 4.62. The molecule has 3 aromatic rings. The van der Waals surface area contributed by atoms with Crippen molar-refractivity contribution in [2.24, 2.45) is 0 Å². The van der Waals surface area contributed by atoms with Gasteiger partial charge in [0.2, 0.25) is 0 Å². The summed E-state index contributed by atoms with van der Waals surface area (Å²) in [5.41, 5.74) is 0.484. The van der Waals surface area contributed by atoms with Crippen molar-refractivity contribution >= 4 is 23.2 Å². The predicted molar refractivity (Wildman–Crippen MR) is 85.7 cm³/mol. The molecule has 24 heavy (non-hydrogen) atoms. The highest BCUT2D eigenvalue weighted by atomic mass is 35.5. The second-order valence-corrected chi connectivity index (χ2v) is 5.13. The van der Waals surface area contributed by atoms with Crippen molar-refractivity contribution in [2.75, 3.05) is 5.32 Å². The molecule has 0 atom stereocenters. The van der Waals surface area contributed by atoms with Crippen LogP contribution in [0.3, 0.4) is 0 Å². The molecule has 1 aromatic carbocycles. The molecule has 3 rings (SSSR count). The van der Waals surface area contributed by atoms with Crippen LogP contribution in [0.4, 0.5) is 10.1 Å². The highest BCUT2D eigenvalue weighted by Gasteiger charge is 2.11. The summed E-state index contributed by atoms with van der Waals surface area (Å²) < 4.78 is 19.2. The molecule has 0 aliphatic rings. The molecule has 0 saturated carbocycles. The minimum atomic E-state index is -0.612. The molecule has 6 nitrogen and oxygen atoms in total. The van der Waals surface area contributed by atoms with Gasteiger partial charge in [-0.1, -0.05) is 11.6 Å². The molecule has 1 N–H and O–H groups in total. The van der Waals surface area contributed by atoms with Gasteiger partial charge in [0.25, 0.3) is 5.91 Å². The minimum Gasteiger partial charge on any atom is -0.454 e. The van der Waals surface area contributed by atoms with E-state index < -0.39 is 11.7 Å². The van der Waals surface area contributed by atoms with Crippen molar-refractivity contribution in [1.29, 1.82) is 0 Å². The number of amides is 1. The normalized spacial score (nSPS) is 10.2. The molecule has 0 fully saturated rings. The van der Waals surface area contributed by atoms with Crippen LogP contribution >= 0.6 is 11.6 Å². The highest BCUT2D eigenvalue weighted by Crippen LogP contribution is 2.23. The van der Waals surface area contributed by atoms with Crippen LogP contribution in [-0.2, 0) is 0 Å². The Balaban J connectivity index is 1.81. The monoisotopic (exact) mass is 344 g/mol. The van der Waals surface area contributed by atoms with Gasteiger partial charge in [0.05, 0.1) is 29.3 Å². The van der Waals surface area contributed by atoms with Crippen LogP contribution < -0.4 is 10.1 Å². The summed E-state index contributed by atoms with van der Waals surface area (Å²) in [6.07, 6.45) is 7.07. The summed E-state index contributed by atoms with van der Waals surface area (Å²) in [5.74, 6) is -0.654. The second-order valence-electron chi connectivity index (χ2n) is 4.70. The Morgan fingerprint density at radius 1 is 1.00 bits per heavy atom. The van der Waals surface area contributed by atoms with Crippen molar-refractivity contribution in [3.05, 3.63) is 71.8 Å². The van der Waals surface area contributed by atoms with Crippen LogP contribution in [0.25, 0.3) is 0 Å². The maximum absolute atomic E-state index is 13.8. The molecule has 0 radical (unpaired) electrons. The number of hydrogen-bond donors (Lipinski definition) is 1. The number of nitrogens with one attached hydrogen (secondary N) is 1. The number of carbonyl (C=O) groups excluding carboxylic acids is 1. The Morgan fingerprint density at radius 3 is 2.54 bits per heavy atom. The van der Waals surface area contributed by atoms with Crippen LogP contribution in [0.5, 0.6) is 11.5 Å². The topological polar surface area (TPSA) is 77.0 Å². The largest absolute Gasteiger partial charge is 0.454 e. The Hall–Kier alpha value is -3.06. The van der Waals surface area contributed by atoms with Gasteiger partial charge in [-0.15, -0.1) is 0 Å². The lowest BCUT2D eigenvalue weighted by Crippen LogP contribution is -2.12. The number of halogens is 2. The van der Waals surface area contributed by atoms with E-state index in [9.17, 15) is 9.18 Å². The lowest BCUT2D eigenvalue weighted by molar-refractivity contribution is 0.102. The van der Waals surface area contributed by atoms with E-state index in [0.717, 1.165) is 12.1 Å². The summed E-state index contributed by atoms with van der Waals surface area (Å²) in [6, 6.07) is 5.19. The smallest absolute Gasteiger partial charge is 0.255 e. The number of carbonyl (C=O) groups is 1. The molecule has 2 aromatic heterocycles. The average Bonchev–Trinajstić information content (AvgIpc) is 2.55. The van der Waals surface area contributed by atoms with Gasteiger partial charge in [0, 0.05) is 17.8 Å². The quantitative estimate of drug-likeness (QED) is 0.780. The first-order valence-corrected chi connectivity index (χ1v) is 7.13. The van der Waals surface area contributed by atoms with Gasteiger partial charge >= 0.3 is 0 Å². The van der Waals surface area contributed by atoms with Gasteiger partial charge in [0.1, 0.15) is 17.9 Å². The molecular weight excluding hydrogens is 335 g/mol. The Morgan fingerprint density at radius 2 is 1.79 bits per heavy atom. The van der Waals surface area contributed by atoms with Crippen LogP contribution in [-0.4, -0.2) is 20.9 Å². The zero-order valence-electron chi connectivity index (χ0n) is 12.1. The van der Waals surface area contributed by atoms with E-state index in [0.29, 0.717) is 16.5 Å². The van der Waals surface area contributed by atoms with Crippen molar-refractivity contribution in [3.63, 3.8) is 0 Å².